The lowest BCUT2D eigenvalue weighted by Crippen LogP contribution is -2.56. The van der Waals surface area contributed by atoms with Crippen LogP contribution in [0.5, 0.6) is 0 Å². The number of thiazole rings is 1. The molecule has 9 nitrogen and oxygen atoms in total. The van der Waals surface area contributed by atoms with Gasteiger partial charge in [0.1, 0.15) is 17.7 Å². The molecule has 0 spiro atoms. The molecule has 8 rings (SSSR count). The zero-order chi connectivity index (χ0) is 38.5. The summed E-state index contributed by atoms with van der Waals surface area (Å²) in [4.78, 5) is 37.9. The highest BCUT2D eigenvalue weighted by Gasteiger charge is 2.41. The average Bonchev–Trinajstić information content (AvgIpc) is 3.84. The highest BCUT2D eigenvalue weighted by atomic mass is 32.1. The maximum Gasteiger partial charge on any atom is 0.280 e. The number of imidazole rings is 1. The quantitative estimate of drug-likeness (QED) is 0.0815. The molecule has 10 heteroatoms. The van der Waals surface area contributed by atoms with Crippen LogP contribution in [0.4, 0.5) is 0 Å². The van der Waals surface area contributed by atoms with E-state index in [-0.39, 0.29) is 17.3 Å². The van der Waals surface area contributed by atoms with E-state index in [0.717, 1.165) is 59.9 Å². The van der Waals surface area contributed by atoms with Crippen LogP contribution in [0.1, 0.15) is 83.6 Å². The lowest BCUT2D eigenvalue weighted by molar-refractivity contribution is -0.125. The van der Waals surface area contributed by atoms with Gasteiger partial charge in [0.25, 0.3) is 5.91 Å². The van der Waals surface area contributed by atoms with Crippen LogP contribution < -0.4 is 10.6 Å². The first kappa shape index (κ1) is 37.7. The number of benzene rings is 4. The minimum absolute atomic E-state index is 0.0355. The molecule has 0 bridgehead atoms. The van der Waals surface area contributed by atoms with Crippen LogP contribution in [-0.4, -0.2) is 60.9 Å². The molecular formula is C46H49N5O4S. The monoisotopic (exact) mass is 767 g/mol. The molecule has 4 N–H and O–H groups in total. The largest absolute Gasteiger partial charge is 0.390 e. The minimum Gasteiger partial charge on any atom is -0.390 e. The number of para-hydroxylation sites is 1. The highest BCUT2D eigenvalue weighted by molar-refractivity contribution is 7.20. The van der Waals surface area contributed by atoms with E-state index in [1.54, 1.807) is 6.33 Å². The molecule has 6 aromatic rings. The third-order valence-electron chi connectivity index (χ3n) is 11.6. The standard InChI is InChI=1S/C46H49N5O4S/c52-41(32-25-26-32)42(53)38(27-31-15-5-1-6-16-31)48-43(54)39(49-44(55)45-50-37-23-13-14-24-40(37)56-45)28-36-29-51(30-47-36)46(33-17-7-2-8-18-33,34-19-9-3-10-20-34)35-21-11-4-12-22-35/h2-4,7-14,17-24,29-32,38-39,41-42,52-53H,1,5-6,15-16,25-28H2,(H,48,54)(H,49,55)/t38-,39-,41-,42+/m0/s1. The first-order valence-corrected chi connectivity index (χ1v) is 20.7. The first-order chi connectivity index (χ1) is 27.4. The number of hydrogen-bond acceptors (Lipinski definition) is 7. The van der Waals surface area contributed by atoms with Gasteiger partial charge in [-0.15, -0.1) is 11.3 Å². The van der Waals surface area contributed by atoms with Crippen molar-refractivity contribution in [3.63, 3.8) is 0 Å². The highest BCUT2D eigenvalue weighted by Crippen LogP contribution is 2.41. The predicted molar refractivity (Wildman–Crippen MR) is 219 cm³/mol. The van der Waals surface area contributed by atoms with Gasteiger partial charge in [0, 0.05) is 12.6 Å². The number of nitrogens with zero attached hydrogens (tertiary/aromatic N) is 3. The smallest absolute Gasteiger partial charge is 0.280 e. The van der Waals surface area contributed by atoms with Crippen molar-refractivity contribution in [3.05, 3.63) is 155 Å². The van der Waals surface area contributed by atoms with Crippen LogP contribution in [0.25, 0.3) is 10.2 Å². The summed E-state index contributed by atoms with van der Waals surface area (Å²) in [7, 11) is 0. The molecular weight excluding hydrogens is 719 g/mol. The number of fused-ring (bicyclic) bond motifs is 1. The van der Waals surface area contributed by atoms with Crippen molar-refractivity contribution < 1.29 is 19.8 Å². The van der Waals surface area contributed by atoms with E-state index in [1.165, 1.54) is 17.8 Å². The molecule has 288 valence electrons. The Morgan fingerprint density at radius 3 is 1.95 bits per heavy atom. The summed E-state index contributed by atoms with van der Waals surface area (Å²) in [5.74, 6) is -0.519. The van der Waals surface area contributed by atoms with Gasteiger partial charge in [-0.3, -0.25) is 9.59 Å². The lowest BCUT2D eigenvalue weighted by Gasteiger charge is -2.37. The molecule has 0 unspecified atom stereocenters. The van der Waals surface area contributed by atoms with Crippen LogP contribution in [0.2, 0.25) is 0 Å². The van der Waals surface area contributed by atoms with E-state index in [0.29, 0.717) is 23.5 Å². The van der Waals surface area contributed by atoms with E-state index >= 15 is 0 Å². The molecule has 2 aliphatic rings. The summed E-state index contributed by atoms with van der Waals surface area (Å²) in [6.45, 7) is 0. The number of aliphatic hydroxyl groups is 2. The van der Waals surface area contributed by atoms with Gasteiger partial charge >= 0.3 is 0 Å². The summed E-state index contributed by atoms with van der Waals surface area (Å²) >= 11 is 1.27. The van der Waals surface area contributed by atoms with Gasteiger partial charge in [-0.25, -0.2) is 9.97 Å². The first-order valence-electron chi connectivity index (χ1n) is 19.9. The number of amides is 2. The fourth-order valence-electron chi connectivity index (χ4n) is 8.55. The number of carbonyl (C=O) groups excluding carboxylic acids is 2. The fraction of sp³-hybridized carbons (Fsp3) is 0.348. The topological polar surface area (TPSA) is 129 Å². The molecule has 2 heterocycles. The molecule has 2 saturated carbocycles. The summed E-state index contributed by atoms with van der Waals surface area (Å²) < 4.78 is 2.97. The van der Waals surface area contributed by atoms with Crippen molar-refractivity contribution in [1.29, 1.82) is 0 Å². The number of aliphatic hydroxyl groups excluding tert-OH is 2. The number of carbonyl (C=O) groups is 2. The van der Waals surface area contributed by atoms with Crippen molar-refractivity contribution in [2.75, 3.05) is 0 Å². The maximum absolute atomic E-state index is 14.5. The van der Waals surface area contributed by atoms with E-state index in [2.05, 4.69) is 56.6 Å². The second-order valence-corrected chi connectivity index (χ2v) is 16.5. The van der Waals surface area contributed by atoms with Gasteiger partial charge in [-0.1, -0.05) is 135 Å². The molecule has 2 amide bonds. The van der Waals surface area contributed by atoms with Gasteiger partial charge in [0.15, 0.2) is 5.01 Å². The molecule has 0 saturated heterocycles. The average molecular weight is 768 g/mol. The molecule has 56 heavy (non-hydrogen) atoms. The molecule has 2 fully saturated rings. The Kier molecular flexibility index (Phi) is 11.4. The summed E-state index contributed by atoms with van der Waals surface area (Å²) in [6.07, 6.45) is 9.58. The van der Waals surface area contributed by atoms with Crippen molar-refractivity contribution in [3.8, 4) is 0 Å². The van der Waals surface area contributed by atoms with Gasteiger partial charge in [0.05, 0.1) is 34.4 Å². The zero-order valence-corrected chi connectivity index (χ0v) is 32.2. The molecule has 2 aliphatic carbocycles. The van der Waals surface area contributed by atoms with Crippen LogP contribution in [0.15, 0.2) is 128 Å². The Hall–Kier alpha value is -5.16. The second-order valence-electron chi connectivity index (χ2n) is 15.5. The molecule has 0 radical (unpaired) electrons. The fourth-order valence-corrected chi connectivity index (χ4v) is 9.42. The van der Waals surface area contributed by atoms with Crippen molar-refractivity contribution >= 4 is 33.4 Å². The predicted octanol–water partition coefficient (Wildman–Crippen LogP) is 7.26. The van der Waals surface area contributed by atoms with E-state index in [1.807, 2.05) is 85.1 Å². The summed E-state index contributed by atoms with van der Waals surface area (Å²) in [5.41, 5.74) is 3.62. The Morgan fingerprint density at radius 1 is 0.768 bits per heavy atom. The third-order valence-corrected chi connectivity index (χ3v) is 12.7. The minimum atomic E-state index is -1.11. The summed E-state index contributed by atoms with van der Waals surface area (Å²) in [5, 5.41) is 29.0. The zero-order valence-electron chi connectivity index (χ0n) is 31.4. The number of hydrogen-bond donors (Lipinski definition) is 4. The molecule has 0 aliphatic heterocycles. The Morgan fingerprint density at radius 2 is 1.36 bits per heavy atom. The van der Waals surface area contributed by atoms with Crippen LogP contribution in [0, 0.1) is 11.8 Å². The van der Waals surface area contributed by atoms with Gasteiger partial charge < -0.3 is 25.4 Å². The number of nitrogens with one attached hydrogen (secondary N) is 2. The number of rotatable bonds is 15. The van der Waals surface area contributed by atoms with Crippen LogP contribution >= 0.6 is 11.3 Å². The van der Waals surface area contributed by atoms with E-state index < -0.39 is 41.6 Å². The number of aromatic nitrogens is 3. The maximum atomic E-state index is 14.5. The van der Waals surface area contributed by atoms with E-state index in [4.69, 9.17) is 4.98 Å². The van der Waals surface area contributed by atoms with Crippen LogP contribution in [-0.2, 0) is 16.8 Å². The van der Waals surface area contributed by atoms with Crippen LogP contribution in [0.3, 0.4) is 0 Å². The molecule has 4 aromatic carbocycles. The third kappa shape index (κ3) is 8.05. The lowest BCUT2D eigenvalue weighted by atomic mass is 9.77. The molecule has 4 atom stereocenters. The van der Waals surface area contributed by atoms with Crippen molar-refractivity contribution in [2.45, 2.75) is 87.6 Å². The Balaban J connectivity index is 1.15. The summed E-state index contributed by atoms with van der Waals surface area (Å²) in [6, 6.07) is 36.7. The van der Waals surface area contributed by atoms with Gasteiger partial charge in [-0.05, 0) is 59.9 Å². The Labute approximate surface area is 331 Å². The molecule has 2 aromatic heterocycles. The second kappa shape index (κ2) is 16.9. The normalized spacial score (nSPS) is 17.2. The SMILES string of the molecule is O=C(N[C@@H](Cc1cn(C(c2ccccc2)(c2ccccc2)c2ccccc2)cn1)C(=O)N[C@@H](CC1CCCCC1)[C@@H](O)[C@@H](O)C1CC1)c1nc2ccccc2s1. The van der Waals surface area contributed by atoms with E-state index in [9.17, 15) is 19.8 Å². The van der Waals surface area contributed by atoms with Crippen molar-refractivity contribution in [2.24, 2.45) is 11.8 Å². The Bertz CT molecular complexity index is 2090. The van der Waals surface area contributed by atoms with Gasteiger partial charge in [0.2, 0.25) is 5.91 Å². The van der Waals surface area contributed by atoms with Gasteiger partial charge in [-0.2, -0.15) is 0 Å². The van der Waals surface area contributed by atoms with Crippen molar-refractivity contribution in [1.82, 2.24) is 25.2 Å².